The third kappa shape index (κ3) is 6.05. The van der Waals surface area contributed by atoms with Gasteiger partial charge in [-0.05, 0) is 162 Å². The fraction of sp³-hybridized carbons (Fsp3) is 0.130. The van der Waals surface area contributed by atoms with Crippen LogP contribution in [0.25, 0.3) is 27.5 Å². The minimum absolute atomic E-state index is 0.00201. The molecular weight excluding hydrogens is 952 g/mol. The average Bonchev–Trinajstić information content (AvgIpc) is 3.87. The molecule has 0 amide bonds. The van der Waals surface area contributed by atoms with E-state index in [1.165, 1.54) is 153 Å². The molecular formula is C69H51B2N5S. The molecule has 4 bridgehead atoms. The molecule has 8 heteroatoms. The summed E-state index contributed by atoms with van der Waals surface area (Å²) in [5, 5.41) is 2.54. The van der Waals surface area contributed by atoms with Gasteiger partial charge in [-0.25, -0.2) is 0 Å². The van der Waals surface area contributed by atoms with E-state index in [9.17, 15) is 0 Å². The SMILES string of the molecule is c1ccc(N2c3ccccc3B3c4cc5c(cc4Sc4cc(-n6c7ccccc7c7ccccc76)cc2c43)N(c2ccccc2)c2cc(N3C4CC6CC(C4)CC3C6)cc3c2B5c2ccccc2N3c2ccccc2)cc1. The Morgan fingerprint density at radius 1 is 0.325 bits per heavy atom. The Labute approximate surface area is 454 Å². The zero-order chi connectivity index (χ0) is 50.0. The molecule has 0 radical (unpaired) electrons. The van der Waals surface area contributed by atoms with Crippen LogP contribution < -0.4 is 52.4 Å². The summed E-state index contributed by atoms with van der Waals surface area (Å²) in [7, 11) is 0. The Kier molecular flexibility index (Phi) is 8.96. The normalized spacial score (nSPS) is 19.7. The maximum Gasteiger partial charge on any atom is 0.252 e. The van der Waals surface area contributed by atoms with Crippen molar-refractivity contribution in [2.24, 2.45) is 11.8 Å². The molecule has 5 nitrogen and oxygen atoms in total. The Balaban J connectivity index is 0.912. The summed E-state index contributed by atoms with van der Waals surface area (Å²) in [6.45, 7) is 0.00452. The molecule has 0 N–H and O–H groups in total. The van der Waals surface area contributed by atoms with Gasteiger partial charge in [-0.1, -0.05) is 151 Å². The van der Waals surface area contributed by atoms with Crippen molar-refractivity contribution >= 4 is 137 Å². The van der Waals surface area contributed by atoms with Gasteiger partial charge in [-0.2, -0.15) is 0 Å². The molecule has 7 heterocycles. The standard InChI is InChI=1S/C69H51B2N5S/c1-4-18-45(19-5-1)73-60-30-16-12-26-54(60)70-56-41-57-66(42-62(56)75(47-22-8-3-9-23-47)64-38-50(37-63(73)68(64)70)72-48-33-43-32-44(35-48)36-49(72)34-43)77-67-40-51(76-58-28-14-10-24-52(58)53-25-11-15-29-59(53)76)39-65-69(67)71(57)55-27-13-17-31-61(55)74(65)46-20-6-2-7-21-46/h1-31,37-44,48-49H,32-36H2. The van der Waals surface area contributed by atoms with Crippen LogP contribution in [0.1, 0.15) is 32.1 Å². The van der Waals surface area contributed by atoms with Crippen LogP contribution in [0.3, 0.4) is 0 Å². The van der Waals surface area contributed by atoms with Crippen molar-refractivity contribution in [2.45, 2.75) is 54.0 Å². The molecule has 0 spiro atoms. The van der Waals surface area contributed by atoms with Crippen LogP contribution in [0.4, 0.5) is 56.9 Å². The highest BCUT2D eigenvalue weighted by molar-refractivity contribution is 8.00. The zero-order valence-electron chi connectivity index (χ0n) is 42.5. The van der Waals surface area contributed by atoms with Gasteiger partial charge in [-0.3, -0.25) is 0 Å². The second kappa shape index (κ2) is 16.1. The molecule has 2 saturated carbocycles. The first-order valence-corrected chi connectivity index (χ1v) is 28.7. The van der Waals surface area contributed by atoms with Gasteiger partial charge < -0.3 is 24.2 Å². The number of para-hydroxylation sites is 7. The predicted octanol–water partition coefficient (Wildman–Crippen LogP) is 13.4. The Morgan fingerprint density at radius 3 is 1.34 bits per heavy atom. The third-order valence-corrected chi connectivity index (χ3v) is 19.9. The van der Waals surface area contributed by atoms with Gasteiger partial charge in [0.05, 0.1) is 11.0 Å². The summed E-state index contributed by atoms with van der Waals surface area (Å²) in [6.07, 6.45) is 6.70. The highest BCUT2D eigenvalue weighted by Crippen LogP contribution is 2.54. The molecule has 2 aliphatic carbocycles. The van der Waals surface area contributed by atoms with E-state index >= 15 is 0 Å². The van der Waals surface area contributed by atoms with Crippen LogP contribution in [-0.4, -0.2) is 30.1 Å². The summed E-state index contributed by atoms with van der Waals surface area (Å²) >= 11 is 1.96. The molecule has 0 atom stereocenters. The first kappa shape index (κ1) is 42.9. The van der Waals surface area contributed by atoms with Gasteiger partial charge in [-0.15, -0.1) is 0 Å². The Morgan fingerprint density at radius 2 is 0.779 bits per heavy atom. The predicted molar refractivity (Wildman–Crippen MR) is 325 cm³/mol. The second-order valence-corrected chi connectivity index (χ2v) is 23.9. The third-order valence-electron chi connectivity index (χ3n) is 18.8. The molecule has 1 aromatic heterocycles. The lowest BCUT2D eigenvalue weighted by Gasteiger charge is -2.58. The molecule has 77 heavy (non-hydrogen) atoms. The maximum absolute atomic E-state index is 2.91. The summed E-state index contributed by atoms with van der Waals surface area (Å²) in [5.74, 6) is 1.74. The average molecular weight is 1000 g/mol. The Bertz CT molecular complexity index is 4190. The molecule has 2 saturated heterocycles. The van der Waals surface area contributed by atoms with E-state index in [2.05, 4.69) is 249 Å². The van der Waals surface area contributed by atoms with Crippen LogP contribution in [0.5, 0.6) is 0 Å². The lowest BCUT2D eigenvalue weighted by atomic mass is 9.31. The summed E-state index contributed by atoms with van der Waals surface area (Å²) in [5.41, 5.74) is 24.3. The van der Waals surface area contributed by atoms with E-state index in [1.54, 1.807) is 0 Å². The highest BCUT2D eigenvalue weighted by atomic mass is 32.2. The van der Waals surface area contributed by atoms with Crippen molar-refractivity contribution in [1.82, 2.24) is 4.57 Å². The lowest BCUT2D eigenvalue weighted by molar-refractivity contribution is 0.0900. The number of anilines is 10. The first-order chi connectivity index (χ1) is 38.2. The van der Waals surface area contributed by atoms with Crippen LogP contribution in [0, 0.1) is 11.8 Å². The van der Waals surface area contributed by atoms with Gasteiger partial charge >= 0.3 is 0 Å². The minimum atomic E-state index is 0.00201. The van der Waals surface area contributed by atoms with Crippen LogP contribution in [-0.2, 0) is 0 Å². The number of piperidine rings is 2. The molecule has 0 unspecified atom stereocenters. The van der Waals surface area contributed by atoms with Crippen molar-refractivity contribution in [1.29, 1.82) is 0 Å². The fourth-order valence-electron chi connectivity index (χ4n) is 16.1. The van der Waals surface area contributed by atoms with Gasteiger partial charge in [0.1, 0.15) is 0 Å². The van der Waals surface area contributed by atoms with E-state index in [0.29, 0.717) is 12.1 Å². The molecule has 4 fully saturated rings. The van der Waals surface area contributed by atoms with Crippen LogP contribution in [0.2, 0.25) is 0 Å². The zero-order valence-corrected chi connectivity index (χ0v) is 43.3. The summed E-state index contributed by atoms with van der Waals surface area (Å²) in [6, 6.07) is 86.6. The van der Waals surface area contributed by atoms with E-state index in [0.717, 1.165) is 17.5 Å². The van der Waals surface area contributed by atoms with Crippen molar-refractivity contribution in [3.05, 3.63) is 224 Å². The molecule has 364 valence electrons. The van der Waals surface area contributed by atoms with E-state index in [-0.39, 0.29) is 13.4 Å². The smallest absolute Gasteiger partial charge is 0.252 e. The number of hydrogen-bond acceptors (Lipinski definition) is 5. The number of nitrogens with zero attached hydrogens (tertiary/aromatic N) is 5. The monoisotopic (exact) mass is 1000 g/mol. The van der Waals surface area contributed by atoms with Crippen molar-refractivity contribution < 1.29 is 0 Å². The molecule has 8 aliphatic rings. The van der Waals surface area contributed by atoms with E-state index in [4.69, 9.17) is 0 Å². The number of aromatic nitrogens is 1. The largest absolute Gasteiger partial charge is 0.365 e. The fourth-order valence-corrected chi connectivity index (χ4v) is 17.3. The maximum atomic E-state index is 2.91. The highest BCUT2D eigenvalue weighted by Gasteiger charge is 2.50. The summed E-state index contributed by atoms with van der Waals surface area (Å²) < 4.78 is 2.51. The number of hydrogen-bond donors (Lipinski definition) is 0. The van der Waals surface area contributed by atoms with E-state index in [1.807, 2.05) is 11.8 Å². The minimum Gasteiger partial charge on any atom is -0.365 e. The van der Waals surface area contributed by atoms with Crippen molar-refractivity contribution in [2.75, 3.05) is 19.6 Å². The van der Waals surface area contributed by atoms with Crippen molar-refractivity contribution in [3.8, 4) is 5.69 Å². The van der Waals surface area contributed by atoms with Gasteiger partial charge in [0.25, 0.3) is 6.71 Å². The number of benzene rings is 10. The first-order valence-electron chi connectivity index (χ1n) is 27.9. The second-order valence-electron chi connectivity index (χ2n) is 22.8. The lowest BCUT2D eigenvalue weighted by Crippen LogP contribution is -2.64. The van der Waals surface area contributed by atoms with Gasteiger partial charge in [0.2, 0.25) is 6.71 Å². The van der Waals surface area contributed by atoms with Crippen LogP contribution >= 0.6 is 11.8 Å². The number of rotatable bonds is 5. The Hall–Kier alpha value is -8.32. The molecule has 19 rings (SSSR count). The van der Waals surface area contributed by atoms with Gasteiger partial charge in [0, 0.05) is 95.2 Å². The quantitative estimate of drug-likeness (QED) is 0.159. The van der Waals surface area contributed by atoms with Gasteiger partial charge in [0.15, 0.2) is 0 Å². The molecule has 11 aromatic rings. The molecule has 10 aromatic carbocycles. The van der Waals surface area contributed by atoms with Crippen molar-refractivity contribution in [3.63, 3.8) is 0 Å². The summed E-state index contributed by atoms with van der Waals surface area (Å²) in [4.78, 5) is 13.3. The number of fused-ring (bicyclic) bond motifs is 11. The van der Waals surface area contributed by atoms with E-state index < -0.39 is 0 Å². The molecule has 6 aliphatic heterocycles. The topological polar surface area (TPSA) is 17.9 Å². The van der Waals surface area contributed by atoms with Crippen LogP contribution in [0.15, 0.2) is 234 Å².